The van der Waals surface area contributed by atoms with Crippen molar-refractivity contribution in [1.29, 1.82) is 0 Å². The zero-order chi connectivity index (χ0) is 27.0. The van der Waals surface area contributed by atoms with Crippen LogP contribution in [-0.4, -0.2) is 54.1 Å². The molecule has 38 heavy (non-hydrogen) atoms. The number of halogens is 3. The first-order valence-corrected chi connectivity index (χ1v) is 14.3. The molecule has 5 rings (SSSR count). The molecule has 2 heterocycles. The van der Waals surface area contributed by atoms with Crippen molar-refractivity contribution < 1.29 is 18.4 Å². The number of hydrogen-bond acceptors (Lipinski definition) is 3. The zero-order valence-corrected chi connectivity index (χ0v) is 22.9. The zero-order valence-electron chi connectivity index (χ0n) is 22.1. The molecule has 1 saturated carbocycles. The summed E-state index contributed by atoms with van der Waals surface area (Å²) in [7, 11) is 0. The maximum atomic E-state index is 12.6. The van der Waals surface area contributed by atoms with Gasteiger partial charge in [-0.15, -0.1) is 0 Å². The van der Waals surface area contributed by atoms with Gasteiger partial charge in [0.2, 0.25) is 11.8 Å². The molecule has 3 aliphatic rings. The number of carbonyl (C=O) groups is 2. The molecule has 7 heteroatoms. The van der Waals surface area contributed by atoms with Crippen molar-refractivity contribution >= 4 is 23.8 Å². The molecular weight excluding hydrogens is 506 g/mol. The van der Waals surface area contributed by atoms with E-state index in [9.17, 15) is 18.4 Å². The first kappa shape index (κ1) is 28.7. The number of nitrogens with zero attached hydrogens (tertiary/aromatic N) is 2. The Kier molecular flexibility index (Phi) is 9.94. The number of aldehydes is 1. The highest BCUT2D eigenvalue weighted by atomic mass is 35.5. The van der Waals surface area contributed by atoms with Gasteiger partial charge in [-0.2, -0.15) is 0 Å². The predicted octanol–water partition coefficient (Wildman–Crippen LogP) is 6.80. The monoisotopic (exact) mass is 544 g/mol. The largest absolute Gasteiger partial charge is 0.338 e. The molecule has 0 aromatic heterocycles. The number of rotatable bonds is 7. The molecule has 2 aliphatic heterocycles. The third kappa shape index (κ3) is 8.34. The fourth-order valence-corrected chi connectivity index (χ4v) is 6.00. The van der Waals surface area contributed by atoms with Crippen LogP contribution in [0.15, 0.2) is 54.6 Å². The quantitative estimate of drug-likeness (QED) is 0.360. The number of benzene rings is 2. The van der Waals surface area contributed by atoms with E-state index in [1.807, 2.05) is 29.2 Å². The van der Waals surface area contributed by atoms with Crippen LogP contribution in [-0.2, 0) is 22.6 Å². The first-order chi connectivity index (χ1) is 18.3. The third-order valence-corrected chi connectivity index (χ3v) is 8.60. The van der Waals surface area contributed by atoms with Gasteiger partial charge in [-0.3, -0.25) is 4.79 Å². The smallest absolute Gasteiger partial charge is 0.248 e. The van der Waals surface area contributed by atoms with E-state index < -0.39 is 5.92 Å². The molecule has 2 aromatic rings. The molecule has 0 atom stereocenters. The number of likely N-dealkylation sites (tertiary alicyclic amines) is 2. The Balaban J connectivity index is 0.000000283. The van der Waals surface area contributed by atoms with Crippen molar-refractivity contribution in [2.75, 3.05) is 26.2 Å². The van der Waals surface area contributed by atoms with Crippen LogP contribution in [0.3, 0.4) is 0 Å². The van der Waals surface area contributed by atoms with Crippen molar-refractivity contribution in [3.63, 3.8) is 0 Å². The minimum atomic E-state index is -2.50. The van der Waals surface area contributed by atoms with E-state index in [2.05, 4.69) is 35.2 Å². The minimum absolute atomic E-state index is 0.111. The summed E-state index contributed by atoms with van der Waals surface area (Å²) in [5, 5.41) is 0.743. The SMILES string of the molecule is O=C1CC2(CCN(CCCc3ccccc3)CC2)CN1Cc1ccc(Cl)cc1.O=CC1CCC(F)(F)CC1. The summed E-state index contributed by atoms with van der Waals surface area (Å²) in [5.74, 6) is -2.30. The Bertz CT molecular complexity index is 1030. The molecule has 4 nitrogen and oxygen atoms in total. The van der Waals surface area contributed by atoms with Crippen molar-refractivity contribution in [1.82, 2.24) is 9.80 Å². The summed E-state index contributed by atoms with van der Waals surface area (Å²) in [6, 6.07) is 18.6. The predicted molar refractivity (Wildman–Crippen MR) is 147 cm³/mol. The molecule has 3 fully saturated rings. The molecule has 2 saturated heterocycles. The van der Waals surface area contributed by atoms with E-state index in [1.165, 1.54) is 12.0 Å². The topological polar surface area (TPSA) is 40.6 Å². The van der Waals surface area contributed by atoms with E-state index in [0.717, 1.165) is 68.7 Å². The Morgan fingerprint density at radius 3 is 2.21 bits per heavy atom. The van der Waals surface area contributed by atoms with Crippen molar-refractivity contribution in [3.05, 3.63) is 70.7 Å². The van der Waals surface area contributed by atoms with Crippen LogP contribution in [0, 0.1) is 11.3 Å². The standard InChI is InChI=1S/C24H29ClN2O.C7H10F2O/c25-22-10-8-21(9-11-22)18-27-19-24(17-23(27)28)12-15-26(16-13-24)14-4-7-20-5-2-1-3-6-20;8-7(9)3-1-6(5-10)2-4-7/h1-3,5-6,8-11H,4,7,12-19H2;5-6H,1-4H2. The number of hydrogen-bond donors (Lipinski definition) is 0. The summed E-state index contributed by atoms with van der Waals surface area (Å²) < 4.78 is 24.8. The van der Waals surface area contributed by atoms with Crippen LogP contribution in [0.25, 0.3) is 0 Å². The Hall–Kier alpha value is -2.31. The fraction of sp³-hybridized carbons (Fsp3) is 0.548. The van der Waals surface area contributed by atoms with Gasteiger partial charge in [0.1, 0.15) is 6.29 Å². The average molecular weight is 545 g/mol. The van der Waals surface area contributed by atoms with E-state index in [4.69, 9.17) is 11.6 Å². The van der Waals surface area contributed by atoms with Crippen molar-refractivity contribution in [3.8, 4) is 0 Å². The van der Waals surface area contributed by atoms with Gasteiger partial charge in [0.25, 0.3) is 0 Å². The molecule has 206 valence electrons. The van der Waals surface area contributed by atoms with Gasteiger partial charge in [-0.25, -0.2) is 8.78 Å². The maximum absolute atomic E-state index is 12.6. The lowest BCUT2D eigenvalue weighted by Gasteiger charge is -2.38. The van der Waals surface area contributed by atoms with Crippen molar-refractivity contribution in [2.24, 2.45) is 11.3 Å². The molecule has 1 spiro atoms. The first-order valence-electron chi connectivity index (χ1n) is 13.9. The molecular formula is C31H39ClF2N2O2. The second-order valence-corrected chi connectivity index (χ2v) is 11.7. The maximum Gasteiger partial charge on any atom is 0.248 e. The van der Waals surface area contributed by atoms with Gasteiger partial charge in [0, 0.05) is 43.3 Å². The molecule has 1 aliphatic carbocycles. The molecule has 0 N–H and O–H groups in total. The number of aryl methyl sites for hydroxylation is 1. The van der Waals surface area contributed by atoms with Crippen molar-refractivity contribution in [2.45, 2.75) is 70.3 Å². The van der Waals surface area contributed by atoms with Gasteiger partial charge in [-0.1, -0.05) is 54.1 Å². The lowest BCUT2D eigenvalue weighted by molar-refractivity contribution is -0.128. The Morgan fingerprint density at radius 2 is 1.58 bits per heavy atom. The van der Waals surface area contributed by atoms with Gasteiger partial charge in [0.15, 0.2) is 0 Å². The van der Waals surface area contributed by atoms with Gasteiger partial charge in [0.05, 0.1) is 0 Å². The molecule has 1 amide bonds. The highest BCUT2D eigenvalue weighted by molar-refractivity contribution is 6.30. The lowest BCUT2D eigenvalue weighted by atomic mass is 9.77. The molecule has 0 unspecified atom stereocenters. The van der Waals surface area contributed by atoms with E-state index in [1.54, 1.807) is 0 Å². The normalized spacial score (nSPS) is 21.2. The number of alkyl halides is 2. The average Bonchev–Trinajstić information content (AvgIpc) is 3.21. The van der Waals surface area contributed by atoms with Gasteiger partial charge in [-0.05, 0) is 86.8 Å². The van der Waals surface area contributed by atoms with Crippen LogP contribution >= 0.6 is 11.6 Å². The Morgan fingerprint density at radius 1 is 0.921 bits per heavy atom. The van der Waals surface area contributed by atoms with Gasteiger partial charge < -0.3 is 14.6 Å². The van der Waals surface area contributed by atoms with Crippen LogP contribution in [0.5, 0.6) is 0 Å². The van der Waals surface area contributed by atoms with Crippen LogP contribution in [0.4, 0.5) is 8.78 Å². The summed E-state index contributed by atoms with van der Waals surface area (Å²) in [4.78, 5) is 27.4. The fourth-order valence-electron chi connectivity index (χ4n) is 5.87. The third-order valence-electron chi connectivity index (χ3n) is 8.35. The number of amides is 1. The second-order valence-electron chi connectivity index (χ2n) is 11.3. The van der Waals surface area contributed by atoms with E-state index >= 15 is 0 Å². The summed E-state index contributed by atoms with van der Waals surface area (Å²) in [6.45, 7) is 5.02. The number of carbonyl (C=O) groups excluding carboxylic acids is 2. The van der Waals surface area contributed by atoms with Crippen LogP contribution in [0.1, 0.15) is 62.5 Å². The molecule has 0 radical (unpaired) electrons. The van der Waals surface area contributed by atoms with E-state index in [0.29, 0.717) is 25.3 Å². The van der Waals surface area contributed by atoms with Crippen LogP contribution in [0.2, 0.25) is 5.02 Å². The summed E-state index contributed by atoms with van der Waals surface area (Å²) in [5.41, 5.74) is 2.78. The highest BCUT2D eigenvalue weighted by Gasteiger charge is 2.44. The van der Waals surface area contributed by atoms with Gasteiger partial charge >= 0.3 is 0 Å². The Labute approximate surface area is 230 Å². The highest BCUT2D eigenvalue weighted by Crippen LogP contribution is 2.41. The van der Waals surface area contributed by atoms with E-state index in [-0.39, 0.29) is 24.2 Å². The minimum Gasteiger partial charge on any atom is -0.338 e. The lowest BCUT2D eigenvalue weighted by Crippen LogP contribution is -2.41. The second kappa shape index (κ2) is 13.2. The summed E-state index contributed by atoms with van der Waals surface area (Å²) >= 11 is 5.97. The van der Waals surface area contributed by atoms with Crippen LogP contribution < -0.4 is 0 Å². The number of piperidine rings is 1. The summed E-state index contributed by atoms with van der Waals surface area (Å²) in [6.07, 6.45) is 6.63. The molecule has 2 aromatic carbocycles. The molecule has 0 bridgehead atoms.